The van der Waals surface area contributed by atoms with Gasteiger partial charge < -0.3 is 5.11 Å². The first-order valence-corrected chi connectivity index (χ1v) is 6.19. The minimum Gasteiger partial charge on any atom is -0.481 e. The van der Waals surface area contributed by atoms with E-state index in [0.717, 1.165) is 25.0 Å². The van der Waals surface area contributed by atoms with Crippen LogP contribution in [0.3, 0.4) is 0 Å². The third-order valence-electron chi connectivity index (χ3n) is 4.55. The fourth-order valence-electron chi connectivity index (χ4n) is 3.80. The highest BCUT2D eigenvalue weighted by Gasteiger charge is 2.55. The number of aryl methyl sites for hydroxylation is 1. The Morgan fingerprint density at radius 1 is 1.65 bits per heavy atom. The van der Waals surface area contributed by atoms with Crippen LogP contribution < -0.4 is 0 Å². The van der Waals surface area contributed by atoms with Crippen LogP contribution in [0.4, 0.5) is 0 Å². The van der Waals surface area contributed by atoms with E-state index in [1.54, 1.807) is 4.68 Å². The van der Waals surface area contributed by atoms with Crippen LogP contribution in [0.2, 0.25) is 0 Å². The van der Waals surface area contributed by atoms with Crippen molar-refractivity contribution in [3.8, 4) is 0 Å². The average Bonchev–Trinajstić information content (AvgIpc) is 2.94. The first-order chi connectivity index (χ1) is 8.10. The van der Waals surface area contributed by atoms with E-state index < -0.39 is 11.4 Å². The monoisotopic (exact) mass is 235 g/mol. The van der Waals surface area contributed by atoms with Crippen molar-refractivity contribution < 1.29 is 9.90 Å². The van der Waals surface area contributed by atoms with Crippen molar-refractivity contribution in [2.75, 3.05) is 0 Å². The molecule has 3 rings (SSSR count). The van der Waals surface area contributed by atoms with Gasteiger partial charge >= 0.3 is 5.97 Å². The van der Waals surface area contributed by atoms with Gasteiger partial charge in [-0.15, -0.1) is 5.10 Å². The van der Waals surface area contributed by atoms with Crippen molar-refractivity contribution >= 4 is 5.97 Å². The molecule has 3 atom stereocenters. The summed E-state index contributed by atoms with van der Waals surface area (Å²) in [4.78, 5) is 11.7. The van der Waals surface area contributed by atoms with Crippen molar-refractivity contribution in [1.82, 2.24) is 15.0 Å². The molecule has 2 aliphatic carbocycles. The van der Waals surface area contributed by atoms with Gasteiger partial charge in [0, 0.05) is 19.7 Å². The molecule has 1 aromatic rings. The summed E-state index contributed by atoms with van der Waals surface area (Å²) in [6.07, 6.45) is 6.56. The van der Waals surface area contributed by atoms with Gasteiger partial charge in [-0.1, -0.05) is 11.6 Å². The highest BCUT2D eigenvalue weighted by atomic mass is 16.4. The Bertz CT molecular complexity index is 456. The number of nitrogens with zero attached hydrogens (tertiary/aromatic N) is 3. The smallest absolute Gasteiger partial charge is 0.310 e. The molecule has 17 heavy (non-hydrogen) atoms. The van der Waals surface area contributed by atoms with E-state index in [4.69, 9.17) is 0 Å². The molecule has 0 aromatic carbocycles. The van der Waals surface area contributed by atoms with Gasteiger partial charge in [-0.2, -0.15) is 0 Å². The quantitative estimate of drug-likeness (QED) is 0.856. The maximum absolute atomic E-state index is 11.7. The second-order valence-electron chi connectivity index (χ2n) is 5.60. The van der Waals surface area contributed by atoms with E-state index in [9.17, 15) is 9.90 Å². The fourth-order valence-corrected chi connectivity index (χ4v) is 3.80. The number of aliphatic carboxylic acids is 1. The molecule has 0 amide bonds. The predicted molar refractivity (Wildman–Crippen MR) is 60.2 cm³/mol. The van der Waals surface area contributed by atoms with Gasteiger partial charge in [-0.25, -0.2) is 0 Å². The molecule has 2 bridgehead atoms. The molecule has 0 radical (unpaired) electrons. The summed E-state index contributed by atoms with van der Waals surface area (Å²) in [6.45, 7) is 0. The Morgan fingerprint density at radius 3 is 2.94 bits per heavy atom. The summed E-state index contributed by atoms with van der Waals surface area (Å²) in [7, 11) is 1.81. The lowest BCUT2D eigenvalue weighted by Gasteiger charge is -2.32. The van der Waals surface area contributed by atoms with Crippen molar-refractivity contribution in [2.45, 2.75) is 32.1 Å². The van der Waals surface area contributed by atoms with Crippen LogP contribution in [0.25, 0.3) is 0 Å². The second kappa shape index (κ2) is 3.55. The molecule has 92 valence electrons. The Labute approximate surface area is 99.8 Å². The summed E-state index contributed by atoms with van der Waals surface area (Å²) in [5, 5.41) is 17.5. The number of aromatic nitrogens is 3. The SMILES string of the molecule is Cn1cc(CC2(C(=O)O)CC3CCC2C3)nn1. The molecular weight excluding hydrogens is 218 g/mol. The summed E-state index contributed by atoms with van der Waals surface area (Å²) in [5.41, 5.74) is 0.237. The van der Waals surface area contributed by atoms with Crippen molar-refractivity contribution in [3.05, 3.63) is 11.9 Å². The number of hydrogen-bond donors (Lipinski definition) is 1. The van der Waals surface area contributed by atoms with Crippen LogP contribution in [0.1, 0.15) is 31.4 Å². The number of carboxylic acid groups (broad SMARTS) is 1. The molecular formula is C12H17N3O2. The molecule has 0 spiro atoms. The van der Waals surface area contributed by atoms with Crippen molar-refractivity contribution in [3.63, 3.8) is 0 Å². The number of rotatable bonds is 3. The zero-order valence-corrected chi connectivity index (χ0v) is 9.96. The van der Waals surface area contributed by atoms with Gasteiger partial charge in [0.1, 0.15) is 0 Å². The van der Waals surface area contributed by atoms with E-state index in [1.165, 1.54) is 6.42 Å². The van der Waals surface area contributed by atoms with Gasteiger partial charge in [-0.3, -0.25) is 9.48 Å². The van der Waals surface area contributed by atoms with Crippen LogP contribution in [-0.2, 0) is 18.3 Å². The van der Waals surface area contributed by atoms with Gasteiger partial charge in [0.25, 0.3) is 0 Å². The van der Waals surface area contributed by atoms with E-state index in [1.807, 2.05) is 13.2 Å². The second-order valence-corrected chi connectivity index (χ2v) is 5.60. The lowest BCUT2D eigenvalue weighted by atomic mass is 9.70. The number of hydrogen-bond acceptors (Lipinski definition) is 3. The molecule has 2 fully saturated rings. The van der Waals surface area contributed by atoms with Gasteiger partial charge in [0.15, 0.2) is 0 Å². The summed E-state index contributed by atoms with van der Waals surface area (Å²) >= 11 is 0. The Kier molecular flexibility index (Phi) is 2.24. The highest BCUT2D eigenvalue weighted by molar-refractivity contribution is 5.76. The highest BCUT2D eigenvalue weighted by Crippen LogP contribution is 2.57. The van der Waals surface area contributed by atoms with Crippen molar-refractivity contribution in [2.24, 2.45) is 24.3 Å². The van der Waals surface area contributed by atoms with Crippen LogP contribution in [0.15, 0.2) is 6.20 Å². The minimum atomic E-state index is -0.643. The van der Waals surface area contributed by atoms with Gasteiger partial charge in [-0.05, 0) is 31.1 Å². The molecule has 0 saturated heterocycles. The molecule has 2 aliphatic rings. The van der Waals surface area contributed by atoms with Crippen LogP contribution in [-0.4, -0.2) is 26.1 Å². The van der Waals surface area contributed by atoms with Crippen LogP contribution >= 0.6 is 0 Å². The van der Waals surface area contributed by atoms with Crippen LogP contribution in [0, 0.1) is 17.3 Å². The lowest BCUT2D eigenvalue weighted by Crippen LogP contribution is -2.38. The molecule has 1 N–H and O–H groups in total. The molecule has 2 saturated carbocycles. The van der Waals surface area contributed by atoms with Gasteiger partial charge in [0.2, 0.25) is 0 Å². The maximum Gasteiger partial charge on any atom is 0.310 e. The lowest BCUT2D eigenvalue weighted by molar-refractivity contribution is -0.152. The Morgan fingerprint density at radius 2 is 2.47 bits per heavy atom. The summed E-state index contributed by atoms with van der Waals surface area (Å²) in [5.74, 6) is 0.315. The predicted octanol–water partition coefficient (Wildman–Crippen LogP) is 1.25. The third kappa shape index (κ3) is 1.56. The topological polar surface area (TPSA) is 68.0 Å². The number of carbonyl (C=O) groups is 1. The molecule has 0 aliphatic heterocycles. The van der Waals surface area contributed by atoms with E-state index in [-0.39, 0.29) is 0 Å². The molecule has 1 heterocycles. The number of fused-ring (bicyclic) bond motifs is 2. The average molecular weight is 235 g/mol. The molecule has 1 aromatic heterocycles. The van der Waals surface area contributed by atoms with E-state index in [0.29, 0.717) is 18.3 Å². The molecule has 5 heteroatoms. The Hall–Kier alpha value is -1.39. The molecule has 3 unspecified atom stereocenters. The maximum atomic E-state index is 11.7. The number of carboxylic acids is 1. The largest absolute Gasteiger partial charge is 0.481 e. The van der Waals surface area contributed by atoms with Crippen LogP contribution in [0.5, 0.6) is 0 Å². The Balaban J connectivity index is 1.89. The zero-order chi connectivity index (χ0) is 12.0. The van der Waals surface area contributed by atoms with Crippen molar-refractivity contribution in [1.29, 1.82) is 0 Å². The fraction of sp³-hybridized carbons (Fsp3) is 0.750. The van der Waals surface area contributed by atoms with E-state index in [2.05, 4.69) is 10.3 Å². The minimum absolute atomic E-state index is 0.340. The summed E-state index contributed by atoms with van der Waals surface area (Å²) in [6, 6.07) is 0. The first-order valence-electron chi connectivity index (χ1n) is 6.19. The summed E-state index contributed by atoms with van der Waals surface area (Å²) < 4.78 is 1.64. The van der Waals surface area contributed by atoms with E-state index >= 15 is 0 Å². The normalized spacial score (nSPS) is 35.4. The zero-order valence-electron chi connectivity index (χ0n) is 9.96. The van der Waals surface area contributed by atoms with Gasteiger partial charge in [0.05, 0.1) is 11.1 Å². The molecule has 5 nitrogen and oxygen atoms in total. The first kappa shape index (κ1) is 10.7. The standard InChI is InChI=1S/C12H17N3O2/c1-15-7-10(13-14-15)6-12(11(16)17)5-8-2-3-9(12)4-8/h7-9H,2-6H2,1H3,(H,16,17). The third-order valence-corrected chi connectivity index (χ3v) is 4.55.